The molecule has 1 aliphatic rings. The Morgan fingerprint density at radius 3 is 2.52 bits per heavy atom. The van der Waals surface area contributed by atoms with E-state index in [9.17, 15) is 19.5 Å². The number of hydrogen-bond donors (Lipinski definition) is 3. The van der Waals surface area contributed by atoms with Crippen molar-refractivity contribution in [3.63, 3.8) is 0 Å². The topological polar surface area (TPSA) is 115 Å². The third-order valence-corrected chi connectivity index (χ3v) is 9.46. The van der Waals surface area contributed by atoms with Crippen LogP contribution in [0.4, 0.5) is 0 Å². The third kappa shape index (κ3) is 9.09. The molecule has 3 amide bonds. The summed E-state index contributed by atoms with van der Waals surface area (Å²) in [5.74, 6) is -0.518. The quantitative estimate of drug-likeness (QED) is 0.302. The Bertz CT molecular complexity index is 1160. The predicted octanol–water partition coefficient (Wildman–Crippen LogP) is 4.04. The summed E-state index contributed by atoms with van der Waals surface area (Å²) < 4.78 is 0. The van der Waals surface area contributed by atoms with Crippen molar-refractivity contribution < 1.29 is 19.5 Å². The molecule has 2 aromatic rings. The summed E-state index contributed by atoms with van der Waals surface area (Å²) in [5, 5.41) is 19.2. The Hall–Kier alpha value is -2.82. The Labute approximate surface area is 255 Å². The molecule has 1 aromatic carbocycles. The van der Waals surface area contributed by atoms with Crippen LogP contribution in [0.1, 0.15) is 87.0 Å². The maximum atomic E-state index is 13.9. The van der Waals surface area contributed by atoms with Gasteiger partial charge in [0.15, 0.2) is 0 Å². The molecule has 232 valence electrons. The summed E-state index contributed by atoms with van der Waals surface area (Å²) in [5.41, 5.74) is 1.42. The molecule has 0 radical (unpaired) electrons. The minimum Gasteiger partial charge on any atom is -0.386 e. The number of piperidine rings is 1. The first-order chi connectivity index (χ1) is 20.0. The second-order valence-corrected chi connectivity index (χ2v) is 12.8. The van der Waals surface area contributed by atoms with Crippen molar-refractivity contribution in [1.82, 2.24) is 25.4 Å². The van der Waals surface area contributed by atoms with Crippen molar-refractivity contribution in [1.29, 1.82) is 0 Å². The summed E-state index contributed by atoms with van der Waals surface area (Å²) in [6.45, 7) is 9.41. The van der Waals surface area contributed by atoms with Crippen molar-refractivity contribution in [2.45, 2.75) is 90.4 Å². The minimum atomic E-state index is -0.934. The highest BCUT2D eigenvalue weighted by Gasteiger charge is 2.36. The van der Waals surface area contributed by atoms with E-state index in [1.165, 1.54) is 11.3 Å². The smallest absolute Gasteiger partial charge is 0.270 e. The number of rotatable bonds is 14. The molecule has 9 nitrogen and oxygen atoms in total. The van der Waals surface area contributed by atoms with E-state index in [4.69, 9.17) is 0 Å². The molecule has 3 N–H and O–H groups in total. The minimum absolute atomic E-state index is 0.0440. The molecular formula is C32H49N5O4S. The molecule has 1 unspecified atom stereocenters. The predicted molar refractivity (Wildman–Crippen MR) is 167 cm³/mol. The summed E-state index contributed by atoms with van der Waals surface area (Å²) >= 11 is 1.24. The Kier molecular flexibility index (Phi) is 12.9. The van der Waals surface area contributed by atoms with Gasteiger partial charge in [0.05, 0.1) is 6.04 Å². The highest BCUT2D eigenvalue weighted by Crippen LogP contribution is 2.28. The number of thiazole rings is 1. The number of carbonyl (C=O) groups is 3. The number of hydrogen-bond acceptors (Lipinski definition) is 7. The average molecular weight is 600 g/mol. The second kappa shape index (κ2) is 16.1. The molecule has 10 heteroatoms. The number of amides is 3. The molecule has 3 rings (SSSR count). The van der Waals surface area contributed by atoms with Crippen LogP contribution in [0.5, 0.6) is 0 Å². The van der Waals surface area contributed by atoms with Crippen molar-refractivity contribution in [3.8, 4) is 0 Å². The van der Waals surface area contributed by atoms with E-state index in [1.807, 2.05) is 65.1 Å². The Balaban J connectivity index is 1.63. The fraction of sp³-hybridized carbons (Fsp3) is 0.625. The molecular weight excluding hydrogens is 550 g/mol. The van der Waals surface area contributed by atoms with E-state index in [0.717, 1.165) is 44.2 Å². The molecule has 1 fully saturated rings. The number of aliphatic hydroxyl groups excluding tert-OH is 1. The van der Waals surface area contributed by atoms with E-state index >= 15 is 0 Å². The average Bonchev–Trinajstić information content (AvgIpc) is 3.49. The first kappa shape index (κ1) is 33.7. The van der Waals surface area contributed by atoms with Gasteiger partial charge in [-0.05, 0) is 50.3 Å². The molecule has 5 atom stereocenters. The van der Waals surface area contributed by atoms with E-state index in [2.05, 4.69) is 20.5 Å². The number of likely N-dealkylation sites (tertiary alicyclic amines) is 1. The lowest BCUT2D eigenvalue weighted by molar-refractivity contribution is -0.141. The number of benzene rings is 1. The fourth-order valence-corrected chi connectivity index (χ4v) is 6.33. The summed E-state index contributed by atoms with van der Waals surface area (Å²) in [7, 11) is 3.71. The van der Waals surface area contributed by atoms with Gasteiger partial charge in [-0.3, -0.25) is 19.3 Å². The zero-order valence-corrected chi connectivity index (χ0v) is 26.8. The molecule has 1 aromatic heterocycles. The van der Waals surface area contributed by atoms with Crippen LogP contribution >= 0.6 is 11.3 Å². The molecule has 2 heterocycles. The molecule has 1 saturated heterocycles. The molecule has 0 saturated carbocycles. The van der Waals surface area contributed by atoms with E-state index in [0.29, 0.717) is 11.6 Å². The van der Waals surface area contributed by atoms with Gasteiger partial charge in [-0.1, -0.05) is 70.9 Å². The lowest BCUT2D eigenvalue weighted by Gasteiger charge is -2.38. The van der Waals surface area contributed by atoms with Crippen LogP contribution in [-0.2, 0) is 16.0 Å². The lowest BCUT2D eigenvalue weighted by Crippen LogP contribution is -2.58. The van der Waals surface area contributed by atoms with E-state index in [-0.39, 0.29) is 53.8 Å². The fourth-order valence-electron chi connectivity index (χ4n) is 5.53. The van der Waals surface area contributed by atoms with E-state index < -0.39 is 12.1 Å². The monoisotopic (exact) mass is 599 g/mol. The third-order valence-electron chi connectivity index (χ3n) is 8.51. The van der Waals surface area contributed by atoms with Gasteiger partial charge in [0.1, 0.15) is 22.8 Å². The van der Waals surface area contributed by atoms with Gasteiger partial charge in [-0.25, -0.2) is 4.98 Å². The maximum Gasteiger partial charge on any atom is 0.270 e. The molecule has 0 aliphatic carbocycles. The first-order valence-corrected chi connectivity index (χ1v) is 16.1. The van der Waals surface area contributed by atoms with Crippen LogP contribution in [0.3, 0.4) is 0 Å². The summed E-state index contributed by atoms with van der Waals surface area (Å²) in [6, 6.07) is 8.78. The maximum absolute atomic E-state index is 13.9. The molecule has 0 spiro atoms. The SMILES string of the molecule is CC[C@H](C)[C@H](NC(=O)[C@H]1CCCCN1C)C(=O)N(C)[C@H](CC(O)c1nc(C(=O)NCCc2ccccc2)cs1)C(C)C. The van der Waals surface area contributed by atoms with Crippen LogP contribution in [0.15, 0.2) is 35.7 Å². The van der Waals surface area contributed by atoms with Gasteiger partial charge in [0.25, 0.3) is 5.91 Å². The van der Waals surface area contributed by atoms with Crippen molar-refractivity contribution in [2.75, 3.05) is 27.2 Å². The van der Waals surface area contributed by atoms with Crippen LogP contribution in [0.2, 0.25) is 0 Å². The molecule has 0 bridgehead atoms. The van der Waals surface area contributed by atoms with Gasteiger partial charge in [-0.2, -0.15) is 0 Å². The molecule has 1 aliphatic heterocycles. The first-order valence-electron chi connectivity index (χ1n) is 15.3. The van der Waals surface area contributed by atoms with Gasteiger partial charge >= 0.3 is 0 Å². The number of carbonyl (C=O) groups excluding carboxylic acids is 3. The van der Waals surface area contributed by atoms with Crippen molar-refractivity contribution in [2.24, 2.45) is 11.8 Å². The number of aliphatic hydroxyl groups is 1. The summed E-state index contributed by atoms with van der Waals surface area (Å²) in [4.78, 5) is 47.9. The zero-order chi connectivity index (χ0) is 30.8. The van der Waals surface area contributed by atoms with Crippen molar-refractivity contribution >= 4 is 29.1 Å². The Morgan fingerprint density at radius 1 is 1.17 bits per heavy atom. The number of nitrogens with zero attached hydrogens (tertiary/aromatic N) is 3. The van der Waals surface area contributed by atoms with Crippen LogP contribution in [0.25, 0.3) is 0 Å². The Morgan fingerprint density at radius 2 is 1.88 bits per heavy atom. The number of likely N-dealkylation sites (N-methyl/N-ethyl adjacent to an activating group) is 2. The number of aromatic nitrogens is 1. The van der Waals surface area contributed by atoms with Crippen LogP contribution < -0.4 is 10.6 Å². The van der Waals surface area contributed by atoms with Gasteiger partial charge in [-0.15, -0.1) is 11.3 Å². The molecule has 42 heavy (non-hydrogen) atoms. The summed E-state index contributed by atoms with van der Waals surface area (Å²) in [6.07, 6.45) is 3.68. The van der Waals surface area contributed by atoms with E-state index in [1.54, 1.807) is 17.3 Å². The van der Waals surface area contributed by atoms with Gasteiger partial charge < -0.3 is 20.6 Å². The second-order valence-electron chi connectivity index (χ2n) is 11.9. The standard InChI is InChI=1S/C32H49N5O4S/c1-7-22(4)28(35-30(40)25-15-11-12-18-36(25)5)32(41)37(6)26(21(2)3)19-27(38)31-34-24(20-42-31)29(39)33-17-16-23-13-9-8-10-14-23/h8-10,13-14,20-22,25-28,38H,7,11-12,15-19H2,1-6H3,(H,33,39)(H,35,40)/t22-,25+,26+,27?,28-/m0/s1. The zero-order valence-electron chi connectivity index (χ0n) is 26.0. The largest absolute Gasteiger partial charge is 0.386 e. The normalized spacial score (nSPS) is 18.6. The number of nitrogens with one attached hydrogen (secondary N) is 2. The highest BCUT2D eigenvalue weighted by molar-refractivity contribution is 7.09. The van der Waals surface area contributed by atoms with Crippen molar-refractivity contribution in [3.05, 3.63) is 52.0 Å². The van der Waals surface area contributed by atoms with Gasteiger partial charge in [0.2, 0.25) is 11.8 Å². The van der Waals surface area contributed by atoms with Gasteiger partial charge in [0, 0.05) is 31.4 Å². The van der Waals surface area contributed by atoms with Crippen LogP contribution in [0, 0.1) is 11.8 Å². The van der Waals surface area contributed by atoms with Crippen LogP contribution in [-0.4, -0.2) is 82.9 Å². The highest BCUT2D eigenvalue weighted by atomic mass is 32.1. The lowest BCUT2D eigenvalue weighted by atomic mass is 9.92.